The summed E-state index contributed by atoms with van der Waals surface area (Å²) in [4.78, 5) is 8.65. The van der Waals surface area contributed by atoms with E-state index in [1.165, 1.54) is 25.3 Å². The predicted octanol–water partition coefficient (Wildman–Crippen LogP) is 3.77. The summed E-state index contributed by atoms with van der Waals surface area (Å²) in [6, 6.07) is 3.70. The lowest BCUT2D eigenvalue weighted by Gasteiger charge is -2.11. The summed E-state index contributed by atoms with van der Waals surface area (Å²) in [6.45, 7) is 2.16. The highest BCUT2D eigenvalue weighted by atomic mass is 19.3. The van der Waals surface area contributed by atoms with Crippen LogP contribution in [0.2, 0.25) is 0 Å². The maximum Gasteiger partial charge on any atom is 0.277 e. The Bertz CT molecular complexity index is 797. The van der Waals surface area contributed by atoms with E-state index < -0.39 is 24.0 Å². The van der Waals surface area contributed by atoms with Crippen LogP contribution in [0.1, 0.15) is 37.9 Å². The van der Waals surface area contributed by atoms with Gasteiger partial charge in [-0.05, 0) is 61.7 Å². The number of hydrogen-bond acceptors (Lipinski definition) is 5. The second-order valence-corrected chi connectivity index (χ2v) is 6.78. The van der Waals surface area contributed by atoms with Crippen molar-refractivity contribution in [3.8, 4) is 0 Å². The van der Waals surface area contributed by atoms with Crippen LogP contribution in [0.25, 0.3) is 0 Å². The zero-order chi connectivity index (χ0) is 20.7. The standard InChI is InChI=1S/C20H25F3N4O/c1-12(28)17-7-15(21)4-5-19(17)27-16(8-18(25)20(22)23)6-14(9-24)11-26-10-13-2-3-13/h4-5,7-9,11-13,20,28H,2-3,6,10,24-25H2,1H3/t12-/m1/s1. The molecule has 1 saturated carbocycles. The molecule has 0 unspecified atom stereocenters. The van der Waals surface area contributed by atoms with Crippen molar-refractivity contribution in [1.29, 1.82) is 0 Å². The van der Waals surface area contributed by atoms with Gasteiger partial charge in [0, 0.05) is 30.5 Å². The number of aliphatic hydroxyl groups is 1. The van der Waals surface area contributed by atoms with Crippen LogP contribution in [0.3, 0.4) is 0 Å². The van der Waals surface area contributed by atoms with Gasteiger partial charge in [-0.3, -0.25) is 9.98 Å². The zero-order valence-corrected chi connectivity index (χ0v) is 15.7. The molecular weight excluding hydrogens is 369 g/mol. The average molecular weight is 394 g/mol. The number of aliphatic hydroxyl groups excluding tert-OH is 1. The van der Waals surface area contributed by atoms with Crippen LogP contribution in [-0.4, -0.2) is 30.0 Å². The number of nitrogens with two attached hydrogens (primary N) is 2. The molecule has 0 aromatic heterocycles. The van der Waals surface area contributed by atoms with Crippen molar-refractivity contribution in [1.82, 2.24) is 0 Å². The number of nitrogens with zero attached hydrogens (tertiary/aromatic N) is 2. The Morgan fingerprint density at radius 1 is 1.36 bits per heavy atom. The molecule has 1 atom stereocenters. The third-order valence-corrected chi connectivity index (χ3v) is 4.21. The van der Waals surface area contributed by atoms with Crippen molar-refractivity contribution in [2.75, 3.05) is 6.54 Å². The van der Waals surface area contributed by atoms with Gasteiger partial charge in [0.05, 0.1) is 17.5 Å². The highest BCUT2D eigenvalue weighted by Crippen LogP contribution is 2.29. The number of benzene rings is 1. The Labute approximate surface area is 162 Å². The van der Waals surface area contributed by atoms with Crippen molar-refractivity contribution >= 4 is 17.6 Å². The van der Waals surface area contributed by atoms with E-state index in [9.17, 15) is 18.3 Å². The molecule has 0 heterocycles. The van der Waals surface area contributed by atoms with Crippen molar-refractivity contribution in [2.24, 2.45) is 27.4 Å². The first-order chi connectivity index (χ1) is 13.3. The van der Waals surface area contributed by atoms with E-state index in [4.69, 9.17) is 11.5 Å². The molecule has 1 aromatic rings. The molecule has 8 heteroatoms. The van der Waals surface area contributed by atoms with Crippen LogP contribution in [0.4, 0.5) is 18.9 Å². The Morgan fingerprint density at radius 2 is 2.07 bits per heavy atom. The van der Waals surface area contributed by atoms with E-state index in [1.54, 1.807) is 6.21 Å². The van der Waals surface area contributed by atoms with Crippen LogP contribution in [0.5, 0.6) is 0 Å². The summed E-state index contributed by atoms with van der Waals surface area (Å²) in [7, 11) is 0. The van der Waals surface area contributed by atoms with Crippen LogP contribution in [-0.2, 0) is 0 Å². The Hall–Kier alpha value is -2.61. The normalized spacial score (nSPS) is 17.6. The van der Waals surface area contributed by atoms with E-state index in [2.05, 4.69) is 9.98 Å². The highest BCUT2D eigenvalue weighted by Gasteiger charge is 2.20. The first-order valence-corrected chi connectivity index (χ1v) is 9.01. The third-order valence-electron chi connectivity index (χ3n) is 4.21. The zero-order valence-electron chi connectivity index (χ0n) is 15.7. The van der Waals surface area contributed by atoms with Gasteiger partial charge < -0.3 is 16.6 Å². The number of allylic oxidation sites excluding steroid dienone is 3. The summed E-state index contributed by atoms with van der Waals surface area (Å²) < 4.78 is 39.3. The molecule has 5 nitrogen and oxygen atoms in total. The SMILES string of the molecule is C[C@@H](O)c1cc(F)ccc1N=C(C=C(N)C(F)F)CC(C=NCC1CC1)=CN. The second kappa shape index (κ2) is 10.1. The summed E-state index contributed by atoms with van der Waals surface area (Å²) >= 11 is 0. The Morgan fingerprint density at radius 3 is 2.64 bits per heavy atom. The van der Waals surface area contributed by atoms with Crippen molar-refractivity contribution in [2.45, 2.75) is 38.7 Å². The molecule has 0 bridgehead atoms. The average Bonchev–Trinajstić information content (AvgIpc) is 3.46. The second-order valence-electron chi connectivity index (χ2n) is 6.78. The summed E-state index contributed by atoms with van der Waals surface area (Å²) in [5.74, 6) is 0.0689. The van der Waals surface area contributed by atoms with Gasteiger partial charge in [-0.25, -0.2) is 13.2 Å². The smallest absolute Gasteiger partial charge is 0.277 e. The fourth-order valence-electron chi connectivity index (χ4n) is 2.47. The van der Waals surface area contributed by atoms with Gasteiger partial charge in [0.2, 0.25) is 0 Å². The van der Waals surface area contributed by atoms with E-state index in [1.807, 2.05) is 0 Å². The summed E-state index contributed by atoms with van der Waals surface area (Å²) in [5, 5.41) is 9.87. The number of rotatable bonds is 9. The van der Waals surface area contributed by atoms with Crippen LogP contribution in [0.15, 0.2) is 51.7 Å². The first kappa shape index (κ1) is 21.7. The minimum Gasteiger partial charge on any atom is -0.404 e. The lowest BCUT2D eigenvalue weighted by molar-refractivity contribution is 0.188. The van der Waals surface area contributed by atoms with E-state index in [0.29, 0.717) is 18.0 Å². The quantitative estimate of drug-likeness (QED) is 0.556. The highest BCUT2D eigenvalue weighted by molar-refractivity contribution is 6.02. The van der Waals surface area contributed by atoms with Gasteiger partial charge in [0.25, 0.3) is 6.43 Å². The van der Waals surface area contributed by atoms with Gasteiger partial charge >= 0.3 is 0 Å². The predicted molar refractivity (Wildman–Crippen MR) is 105 cm³/mol. The molecule has 0 spiro atoms. The van der Waals surface area contributed by atoms with E-state index >= 15 is 0 Å². The molecular formula is C20H25F3N4O. The molecule has 1 aromatic carbocycles. The van der Waals surface area contributed by atoms with Crippen molar-refractivity contribution in [3.05, 3.63) is 53.1 Å². The number of alkyl halides is 2. The fraction of sp³-hybridized carbons (Fsp3) is 0.400. The van der Waals surface area contributed by atoms with Gasteiger partial charge in [-0.15, -0.1) is 0 Å². The monoisotopic (exact) mass is 394 g/mol. The summed E-state index contributed by atoms with van der Waals surface area (Å²) in [6.07, 6.45) is 2.59. The van der Waals surface area contributed by atoms with Gasteiger partial charge in [-0.1, -0.05) is 0 Å². The molecule has 1 aliphatic rings. The lowest BCUT2D eigenvalue weighted by atomic mass is 10.1. The van der Waals surface area contributed by atoms with Crippen LogP contribution >= 0.6 is 0 Å². The van der Waals surface area contributed by atoms with Crippen molar-refractivity contribution < 1.29 is 18.3 Å². The maximum absolute atomic E-state index is 13.5. The number of hydrogen-bond donors (Lipinski definition) is 3. The fourth-order valence-corrected chi connectivity index (χ4v) is 2.47. The molecule has 0 radical (unpaired) electrons. The minimum absolute atomic E-state index is 0.106. The molecule has 1 fully saturated rings. The molecule has 1 aliphatic carbocycles. The van der Waals surface area contributed by atoms with Gasteiger partial charge in [-0.2, -0.15) is 0 Å². The van der Waals surface area contributed by atoms with Crippen LogP contribution in [0, 0.1) is 11.7 Å². The minimum atomic E-state index is -2.84. The molecule has 0 aliphatic heterocycles. The van der Waals surface area contributed by atoms with E-state index in [0.717, 1.165) is 25.0 Å². The van der Waals surface area contributed by atoms with Crippen LogP contribution < -0.4 is 11.5 Å². The maximum atomic E-state index is 13.5. The van der Waals surface area contributed by atoms with Gasteiger partial charge in [0.15, 0.2) is 0 Å². The topological polar surface area (TPSA) is 97.0 Å². The molecule has 5 N–H and O–H groups in total. The van der Waals surface area contributed by atoms with Crippen molar-refractivity contribution in [3.63, 3.8) is 0 Å². The summed E-state index contributed by atoms with van der Waals surface area (Å²) in [5.41, 5.74) is 11.7. The molecule has 0 saturated heterocycles. The molecule has 28 heavy (non-hydrogen) atoms. The Balaban J connectivity index is 2.34. The third kappa shape index (κ3) is 6.84. The first-order valence-electron chi connectivity index (χ1n) is 9.01. The molecule has 0 amide bonds. The Kier molecular flexibility index (Phi) is 7.80. The largest absolute Gasteiger partial charge is 0.404 e. The number of halogens is 3. The van der Waals surface area contributed by atoms with E-state index in [-0.39, 0.29) is 23.4 Å². The number of aliphatic imine (C=N–C) groups is 2. The van der Waals surface area contributed by atoms with Gasteiger partial charge in [0.1, 0.15) is 5.82 Å². The molecule has 2 rings (SSSR count). The lowest BCUT2D eigenvalue weighted by Crippen LogP contribution is -2.11. The molecule has 152 valence electrons.